The van der Waals surface area contributed by atoms with Crippen molar-refractivity contribution in [1.29, 1.82) is 5.26 Å². The zero-order valence-electron chi connectivity index (χ0n) is 10.4. The maximum Gasteiger partial charge on any atom is 0.198 e. The molecule has 5 heteroatoms. The monoisotopic (exact) mass is 275 g/mol. The molecule has 0 saturated heterocycles. The van der Waals surface area contributed by atoms with Gasteiger partial charge < -0.3 is 9.84 Å². The van der Waals surface area contributed by atoms with E-state index in [1.54, 1.807) is 30.3 Å². The molecule has 20 heavy (non-hydrogen) atoms. The molecule has 0 aliphatic heterocycles. The molecule has 0 radical (unpaired) electrons. The fourth-order valence-electron chi connectivity index (χ4n) is 1.76. The Labute approximate surface area is 114 Å². The Hall–Kier alpha value is -2.45. The smallest absolute Gasteiger partial charge is 0.198 e. The minimum atomic E-state index is -0.944. The summed E-state index contributed by atoms with van der Waals surface area (Å²) in [7, 11) is 0. The van der Waals surface area contributed by atoms with E-state index in [0.29, 0.717) is 12.0 Å². The normalized spacial score (nSPS) is 10.1. The van der Waals surface area contributed by atoms with Crippen molar-refractivity contribution in [2.45, 2.75) is 6.42 Å². The summed E-state index contributed by atoms with van der Waals surface area (Å²) in [5, 5.41) is 17.6. The number of hydrogen-bond donors (Lipinski definition) is 1. The molecule has 1 N–H and O–H groups in total. The number of aliphatic hydroxyl groups is 1. The number of aliphatic hydroxyl groups excluding tert-OH is 1. The molecule has 0 aliphatic carbocycles. The second-order valence-electron chi connectivity index (χ2n) is 4.06. The number of nitriles is 1. The molecule has 0 saturated carbocycles. The van der Waals surface area contributed by atoms with Crippen LogP contribution in [0.4, 0.5) is 8.78 Å². The summed E-state index contributed by atoms with van der Waals surface area (Å²) in [4.78, 5) is 0. The van der Waals surface area contributed by atoms with Crippen LogP contribution in [0.3, 0.4) is 0 Å². The van der Waals surface area contributed by atoms with Gasteiger partial charge in [-0.2, -0.15) is 5.26 Å². The number of para-hydroxylation sites is 1. The number of benzene rings is 2. The Balaban J connectivity index is 2.38. The summed E-state index contributed by atoms with van der Waals surface area (Å²) in [6.07, 6.45) is 0.315. The predicted molar refractivity (Wildman–Crippen MR) is 68.4 cm³/mol. The van der Waals surface area contributed by atoms with Gasteiger partial charge in [-0.25, -0.2) is 8.78 Å². The van der Waals surface area contributed by atoms with E-state index in [1.807, 2.05) is 0 Å². The second kappa shape index (κ2) is 6.13. The molecule has 0 heterocycles. The van der Waals surface area contributed by atoms with Crippen molar-refractivity contribution in [3.05, 3.63) is 59.2 Å². The molecule has 0 fully saturated rings. The first-order valence-electron chi connectivity index (χ1n) is 5.91. The molecule has 2 rings (SSSR count). The van der Waals surface area contributed by atoms with Crippen LogP contribution < -0.4 is 4.74 Å². The van der Waals surface area contributed by atoms with Crippen molar-refractivity contribution in [3.8, 4) is 17.6 Å². The van der Waals surface area contributed by atoms with Gasteiger partial charge in [-0.1, -0.05) is 18.2 Å². The van der Waals surface area contributed by atoms with Crippen LogP contribution in [0.1, 0.15) is 11.1 Å². The summed E-state index contributed by atoms with van der Waals surface area (Å²) in [6.45, 7) is -0.0985. The van der Waals surface area contributed by atoms with Crippen LogP contribution in [0.15, 0.2) is 36.4 Å². The maximum absolute atomic E-state index is 13.7. The van der Waals surface area contributed by atoms with Crippen LogP contribution in [-0.2, 0) is 6.42 Å². The van der Waals surface area contributed by atoms with Crippen LogP contribution in [0, 0.1) is 23.0 Å². The van der Waals surface area contributed by atoms with Gasteiger partial charge in [0.15, 0.2) is 17.4 Å². The van der Waals surface area contributed by atoms with Crippen LogP contribution in [0.25, 0.3) is 0 Å². The third kappa shape index (κ3) is 2.92. The van der Waals surface area contributed by atoms with E-state index in [0.717, 1.165) is 12.1 Å². The Bertz CT molecular complexity index is 642. The van der Waals surface area contributed by atoms with E-state index < -0.39 is 17.4 Å². The van der Waals surface area contributed by atoms with Crippen LogP contribution >= 0.6 is 0 Å². The van der Waals surface area contributed by atoms with Gasteiger partial charge in [-0.3, -0.25) is 0 Å². The lowest BCUT2D eigenvalue weighted by atomic mass is 10.1. The standard InChI is InChI=1S/C15H11F2NO2/c16-12-7-10(9-18)8-13(17)15(12)20-14-4-2-1-3-11(14)5-6-19/h1-4,7-8,19H,5-6H2. The van der Waals surface area contributed by atoms with Crippen molar-refractivity contribution in [3.63, 3.8) is 0 Å². The first kappa shape index (κ1) is 14.0. The molecule has 0 spiro atoms. The van der Waals surface area contributed by atoms with Crippen molar-refractivity contribution < 1.29 is 18.6 Å². The molecule has 0 atom stereocenters. The SMILES string of the molecule is N#Cc1cc(F)c(Oc2ccccc2CCO)c(F)c1. The van der Waals surface area contributed by atoms with E-state index in [9.17, 15) is 8.78 Å². The number of ether oxygens (including phenoxy) is 1. The summed E-state index contributed by atoms with van der Waals surface area (Å²) in [5.41, 5.74) is 0.522. The molecule has 102 valence electrons. The van der Waals surface area contributed by atoms with E-state index in [1.165, 1.54) is 0 Å². The third-order valence-corrected chi connectivity index (χ3v) is 2.69. The Morgan fingerprint density at radius 3 is 2.40 bits per heavy atom. The molecule has 3 nitrogen and oxygen atoms in total. The first-order chi connectivity index (χ1) is 9.65. The van der Waals surface area contributed by atoms with Gasteiger partial charge in [-0.05, 0) is 30.2 Å². The average Bonchev–Trinajstić information content (AvgIpc) is 2.44. The molecular formula is C15H11F2NO2. The van der Waals surface area contributed by atoms with Gasteiger partial charge in [0, 0.05) is 6.61 Å². The third-order valence-electron chi connectivity index (χ3n) is 2.69. The van der Waals surface area contributed by atoms with Crippen molar-refractivity contribution in [1.82, 2.24) is 0 Å². The van der Waals surface area contributed by atoms with E-state index in [-0.39, 0.29) is 17.9 Å². The van der Waals surface area contributed by atoms with Gasteiger partial charge in [0.05, 0.1) is 11.6 Å². The zero-order chi connectivity index (χ0) is 14.5. The molecule has 0 amide bonds. The van der Waals surface area contributed by atoms with Gasteiger partial charge in [0.1, 0.15) is 5.75 Å². The molecule has 0 aliphatic rings. The Morgan fingerprint density at radius 2 is 1.80 bits per heavy atom. The highest BCUT2D eigenvalue weighted by molar-refractivity contribution is 5.42. The Morgan fingerprint density at radius 1 is 1.15 bits per heavy atom. The number of nitrogens with zero attached hydrogens (tertiary/aromatic N) is 1. The van der Waals surface area contributed by atoms with Gasteiger partial charge in [-0.15, -0.1) is 0 Å². The van der Waals surface area contributed by atoms with Crippen molar-refractivity contribution >= 4 is 0 Å². The zero-order valence-corrected chi connectivity index (χ0v) is 10.4. The summed E-state index contributed by atoms with van der Waals surface area (Å²) >= 11 is 0. The lowest BCUT2D eigenvalue weighted by Gasteiger charge is -2.11. The summed E-state index contributed by atoms with van der Waals surface area (Å²) in [5.74, 6) is -2.18. The molecule has 0 aromatic heterocycles. The highest BCUT2D eigenvalue weighted by atomic mass is 19.1. The topological polar surface area (TPSA) is 53.2 Å². The van der Waals surface area contributed by atoms with Crippen LogP contribution in [0.2, 0.25) is 0 Å². The van der Waals surface area contributed by atoms with E-state index in [4.69, 9.17) is 15.1 Å². The molecule has 0 bridgehead atoms. The molecule has 2 aromatic rings. The lowest BCUT2D eigenvalue weighted by molar-refractivity contribution is 0.297. The highest BCUT2D eigenvalue weighted by Crippen LogP contribution is 2.30. The maximum atomic E-state index is 13.7. The molecular weight excluding hydrogens is 264 g/mol. The van der Waals surface area contributed by atoms with Gasteiger partial charge >= 0.3 is 0 Å². The summed E-state index contributed by atoms with van der Waals surface area (Å²) < 4.78 is 32.7. The van der Waals surface area contributed by atoms with Gasteiger partial charge in [0.2, 0.25) is 0 Å². The minimum absolute atomic E-state index is 0.0985. The van der Waals surface area contributed by atoms with Crippen LogP contribution in [-0.4, -0.2) is 11.7 Å². The van der Waals surface area contributed by atoms with E-state index in [2.05, 4.69) is 0 Å². The quantitative estimate of drug-likeness (QED) is 0.932. The second-order valence-corrected chi connectivity index (χ2v) is 4.06. The highest BCUT2D eigenvalue weighted by Gasteiger charge is 2.15. The summed E-state index contributed by atoms with van der Waals surface area (Å²) in [6, 6.07) is 10.1. The van der Waals surface area contributed by atoms with E-state index >= 15 is 0 Å². The van der Waals surface area contributed by atoms with Crippen molar-refractivity contribution in [2.24, 2.45) is 0 Å². The largest absolute Gasteiger partial charge is 0.451 e. The molecule has 2 aromatic carbocycles. The van der Waals surface area contributed by atoms with Gasteiger partial charge in [0.25, 0.3) is 0 Å². The lowest BCUT2D eigenvalue weighted by Crippen LogP contribution is -1.98. The number of halogens is 2. The minimum Gasteiger partial charge on any atom is -0.451 e. The fourth-order valence-corrected chi connectivity index (χ4v) is 1.76. The number of rotatable bonds is 4. The van der Waals surface area contributed by atoms with Crippen molar-refractivity contribution in [2.75, 3.05) is 6.61 Å². The predicted octanol–water partition coefficient (Wildman–Crippen LogP) is 3.16. The fraction of sp³-hybridized carbons (Fsp3) is 0.133. The van der Waals surface area contributed by atoms with Crippen LogP contribution in [0.5, 0.6) is 11.5 Å². The first-order valence-corrected chi connectivity index (χ1v) is 5.91. The molecule has 0 unspecified atom stereocenters. The number of hydrogen-bond acceptors (Lipinski definition) is 3. The average molecular weight is 275 g/mol. The Kier molecular flexibility index (Phi) is 4.28.